The van der Waals surface area contributed by atoms with Gasteiger partial charge >= 0.3 is 0 Å². The van der Waals surface area contributed by atoms with Gasteiger partial charge in [-0.25, -0.2) is 13.1 Å². The molecule has 1 N–H and O–H groups in total. The third kappa shape index (κ3) is 3.94. The van der Waals surface area contributed by atoms with E-state index in [-0.39, 0.29) is 11.4 Å². The van der Waals surface area contributed by atoms with Crippen molar-refractivity contribution < 1.29 is 12.8 Å². The maximum absolute atomic E-state index is 12.3. The van der Waals surface area contributed by atoms with Gasteiger partial charge < -0.3 is 4.42 Å². The Bertz CT molecular complexity index is 980. The molecule has 1 aromatic heterocycles. The monoisotopic (exact) mass is 357 g/mol. The molecule has 0 bridgehead atoms. The Labute approximate surface area is 147 Å². The highest BCUT2D eigenvalue weighted by atomic mass is 32.2. The predicted octanol–water partition coefficient (Wildman–Crippen LogP) is 2.87. The Kier molecular flexibility index (Phi) is 4.96. The van der Waals surface area contributed by atoms with Crippen molar-refractivity contribution in [3.63, 3.8) is 0 Å². The summed E-state index contributed by atoms with van der Waals surface area (Å²) >= 11 is 0. The second kappa shape index (κ2) is 7.16. The van der Waals surface area contributed by atoms with Gasteiger partial charge in [-0.15, -0.1) is 10.2 Å². The first kappa shape index (κ1) is 17.3. The normalized spacial score (nSPS) is 11.6. The van der Waals surface area contributed by atoms with Gasteiger partial charge in [0.1, 0.15) is 0 Å². The molecule has 3 aromatic rings. The molecule has 1 heterocycles. The standard InChI is InChI=1S/C18H19N3O3S/c1-13-7-3-5-9-15(13)18-21-20-17(24-18)11-12-19-25(22,23)16-10-6-4-8-14(16)2/h3-10,19H,11-12H2,1-2H3. The number of benzene rings is 2. The highest BCUT2D eigenvalue weighted by Crippen LogP contribution is 2.21. The van der Waals surface area contributed by atoms with Gasteiger partial charge in [0.05, 0.1) is 4.90 Å². The molecule has 0 aliphatic rings. The second-order valence-corrected chi connectivity index (χ2v) is 7.46. The van der Waals surface area contributed by atoms with Crippen LogP contribution in [0.5, 0.6) is 0 Å². The Morgan fingerprint density at radius 3 is 2.36 bits per heavy atom. The van der Waals surface area contributed by atoms with E-state index in [1.807, 2.05) is 31.2 Å². The molecule has 25 heavy (non-hydrogen) atoms. The third-order valence-electron chi connectivity index (χ3n) is 3.86. The first-order valence-electron chi connectivity index (χ1n) is 7.91. The van der Waals surface area contributed by atoms with E-state index in [9.17, 15) is 8.42 Å². The molecular formula is C18H19N3O3S. The highest BCUT2D eigenvalue weighted by molar-refractivity contribution is 7.89. The summed E-state index contributed by atoms with van der Waals surface area (Å²) in [7, 11) is -3.55. The van der Waals surface area contributed by atoms with Gasteiger partial charge in [0, 0.05) is 18.5 Å². The highest BCUT2D eigenvalue weighted by Gasteiger charge is 2.16. The molecule has 0 radical (unpaired) electrons. The zero-order valence-electron chi connectivity index (χ0n) is 14.1. The molecule has 0 saturated heterocycles. The topological polar surface area (TPSA) is 85.1 Å². The van der Waals surface area contributed by atoms with Crippen LogP contribution in [0.4, 0.5) is 0 Å². The quantitative estimate of drug-likeness (QED) is 0.733. The van der Waals surface area contributed by atoms with Crippen LogP contribution in [0.3, 0.4) is 0 Å². The van der Waals surface area contributed by atoms with Crippen molar-refractivity contribution in [3.05, 3.63) is 65.5 Å². The lowest BCUT2D eigenvalue weighted by atomic mass is 10.1. The predicted molar refractivity (Wildman–Crippen MR) is 94.5 cm³/mol. The van der Waals surface area contributed by atoms with Gasteiger partial charge in [0.25, 0.3) is 0 Å². The van der Waals surface area contributed by atoms with E-state index >= 15 is 0 Å². The molecule has 7 heteroatoms. The van der Waals surface area contributed by atoms with Crippen LogP contribution >= 0.6 is 0 Å². The number of aromatic nitrogens is 2. The summed E-state index contributed by atoms with van der Waals surface area (Å²) in [6.07, 6.45) is 0.323. The fourth-order valence-electron chi connectivity index (χ4n) is 2.50. The average molecular weight is 357 g/mol. The maximum atomic E-state index is 12.3. The fraction of sp³-hybridized carbons (Fsp3) is 0.222. The molecule has 0 atom stereocenters. The minimum Gasteiger partial charge on any atom is -0.421 e. The molecule has 0 unspecified atom stereocenters. The first-order chi connectivity index (χ1) is 12.0. The van der Waals surface area contributed by atoms with Gasteiger partial charge in [0.15, 0.2) is 0 Å². The van der Waals surface area contributed by atoms with Crippen molar-refractivity contribution in [1.29, 1.82) is 0 Å². The van der Waals surface area contributed by atoms with Crippen molar-refractivity contribution in [2.45, 2.75) is 25.2 Å². The minimum atomic E-state index is -3.55. The van der Waals surface area contributed by atoms with Crippen molar-refractivity contribution in [2.75, 3.05) is 6.54 Å². The van der Waals surface area contributed by atoms with Gasteiger partial charge in [0.2, 0.25) is 21.8 Å². The van der Waals surface area contributed by atoms with Crippen LogP contribution in [0, 0.1) is 13.8 Å². The molecule has 2 aromatic carbocycles. The average Bonchev–Trinajstić information content (AvgIpc) is 3.04. The number of sulfonamides is 1. The van der Waals surface area contributed by atoms with E-state index in [1.165, 1.54) is 0 Å². The number of rotatable bonds is 6. The summed E-state index contributed by atoms with van der Waals surface area (Å²) in [5.41, 5.74) is 2.62. The zero-order valence-corrected chi connectivity index (χ0v) is 14.9. The lowest BCUT2D eigenvalue weighted by molar-refractivity contribution is 0.501. The van der Waals surface area contributed by atoms with E-state index in [2.05, 4.69) is 14.9 Å². The van der Waals surface area contributed by atoms with E-state index in [4.69, 9.17) is 4.42 Å². The van der Waals surface area contributed by atoms with Crippen LogP contribution in [0.15, 0.2) is 57.8 Å². The van der Waals surface area contributed by atoms with Crippen molar-refractivity contribution >= 4 is 10.0 Å². The summed E-state index contributed by atoms with van der Waals surface area (Å²) in [5, 5.41) is 8.03. The fourth-order valence-corrected chi connectivity index (χ4v) is 3.78. The van der Waals surface area contributed by atoms with Crippen LogP contribution < -0.4 is 4.72 Å². The summed E-state index contributed by atoms with van der Waals surface area (Å²) in [6, 6.07) is 14.6. The molecule has 0 spiro atoms. The minimum absolute atomic E-state index is 0.187. The van der Waals surface area contributed by atoms with E-state index in [0.29, 0.717) is 23.8 Å². The van der Waals surface area contributed by atoms with E-state index < -0.39 is 10.0 Å². The summed E-state index contributed by atoms with van der Waals surface area (Å²) < 4.78 is 32.9. The lowest BCUT2D eigenvalue weighted by Crippen LogP contribution is -2.26. The Morgan fingerprint density at radius 1 is 0.960 bits per heavy atom. The smallest absolute Gasteiger partial charge is 0.247 e. The summed E-state index contributed by atoms with van der Waals surface area (Å²) in [4.78, 5) is 0.279. The van der Waals surface area contributed by atoms with Crippen LogP contribution in [-0.2, 0) is 16.4 Å². The second-order valence-electron chi connectivity index (χ2n) is 5.73. The van der Waals surface area contributed by atoms with Crippen molar-refractivity contribution in [1.82, 2.24) is 14.9 Å². The van der Waals surface area contributed by atoms with Crippen LogP contribution in [0.1, 0.15) is 17.0 Å². The Hall–Kier alpha value is -2.51. The number of nitrogens with one attached hydrogen (secondary N) is 1. The number of aryl methyl sites for hydroxylation is 2. The summed E-state index contributed by atoms with van der Waals surface area (Å²) in [6.45, 7) is 3.92. The molecule has 0 saturated carbocycles. The molecule has 0 fully saturated rings. The van der Waals surface area contributed by atoms with Gasteiger partial charge in [-0.1, -0.05) is 36.4 Å². The van der Waals surface area contributed by atoms with Crippen molar-refractivity contribution in [2.24, 2.45) is 0 Å². The van der Waals surface area contributed by atoms with Crippen LogP contribution in [0.25, 0.3) is 11.5 Å². The summed E-state index contributed by atoms with van der Waals surface area (Å²) in [5.74, 6) is 0.834. The lowest BCUT2D eigenvalue weighted by Gasteiger charge is -2.07. The maximum Gasteiger partial charge on any atom is 0.247 e. The molecular weight excluding hydrogens is 338 g/mol. The largest absolute Gasteiger partial charge is 0.421 e. The third-order valence-corrected chi connectivity index (χ3v) is 5.48. The Morgan fingerprint density at radius 2 is 1.64 bits per heavy atom. The Balaban J connectivity index is 1.65. The van der Waals surface area contributed by atoms with Gasteiger partial charge in [-0.3, -0.25) is 0 Å². The SMILES string of the molecule is Cc1ccccc1-c1nnc(CCNS(=O)(=O)c2ccccc2C)o1. The van der Waals surface area contributed by atoms with Gasteiger partial charge in [-0.05, 0) is 37.1 Å². The molecule has 0 aliphatic carbocycles. The number of hydrogen-bond donors (Lipinski definition) is 1. The van der Waals surface area contributed by atoms with E-state index in [1.54, 1.807) is 31.2 Å². The van der Waals surface area contributed by atoms with E-state index in [0.717, 1.165) is 11.1 Å². The van der Waals surface area contributed by atoms with Crippen LogP contribution in [0.2, 0.25) is 0 Å². The first-order valence-corrected chi connectivity index (χ1v) is 9.39. The van der Waals surface area contributed by atoms with Crippen LogP contribution in [-0.4, -0.2) is 25.2 Å². The van der Waals surface area contributed by atoms with Gasteiger partial charge in [-0.2, -0.15) is 0 Å². The molecule has 6 nitrogen and oxygen atoms in total. The zero-order chi connectivity index (χ0) is 17.9. The molecule has 3 rings (SSSR count). The number of nitrogens with zero attached hydrogens (tertiary/aromatic N) is 2. The molecule has 0 amide bonds. The number of hydrogen-bond acceptors (Lipinski definition) is 5. The molecule has 130 valence electrons. The van der Waals surface area contributed by atoms with Crippen molar-refractivity contribution in [3.8, 4) is 11.5 Å². The molecule has 0 aliphatic heterocycles.